The first-order valence-corrected chi connectivity index (χ1v) is 13.9. The Morgan fingerprint density at radius 3 is 2.26 bits per heavy atom. The molecule has 14 heteroatoms. The fraction of sp³-hybridized carbons (Fsp3) is 0.286. The van der Waals surface area contributed by atoms with Crippen LogP contribution in [-0.2, 0) is 16.0 Å². The Labute approximate surface area is 250 Å². The lowest BCUT2D eigenvalue weighted by Crippen LogP contribution is -2.61. The van der Waals surface area contributed by atoms with E-state index < -0.39 is 41.1 Å². The lowest BCUT2D eigenvalue weighted by molar-refractivity contribution is -0.139. The van der Waals surface area contributed by atoms with Crippen LogP contribution in [0.15, 0.2) is 59.5 Å². The number of nitrogens with zero attached hydrogens (tertiary/aromatic N) is 1. The van der Waals surface area contributed by atoms with E-state index >= 15 is 0 Å². The van der Waals surface area contributed by atoms with Crippen LogP contribution in [0.5, 0.6) is 0 Å². The van der Waals surface area contributed by atoms with Gasteiger partial charge in [0.15, 0.2) is 0 Å². The zero-order valence-electron chi connectivity index (χ0n) is 22.2. The zero-order chi connectivity index (χ0) is 30.3. The number of hydrogen-bond acceptors (Lipinski definition) is 6. The van der Waals surface area contributed by atoms with Crippen LogP contribution in [0.25, 0.3) is 0 Å². The second-order valence-electron chi connectivity index (χ2n) is 9.79. The van der Waals surface area contributed by atoms with Crippen molar-refractivity contribution >= 4 is 58.5 Å². The highest BCUT2D eigenvalue weighted by atomic mass is 35.5. The number of H-pyrrole nitrogens is 1. The maximum atomic E-state index is 13.3. The van der Waals surface area contributed by atoms with E-state index in [0.717, 1.165) is 6.42 Å². The lowest BCUT2D eigenvalue weighted by Gasteiger charge is -2.36. The fourth-order valence-corrected chi connectivity index (χ4v) is 5.31. The third kappa shape index (κ3) is 7.45. The summed E-state index contributed by atoms with van der Waals surface area (Å²) in [5.74, 6) is -2.80. The topological polar surface area (TPSA) is 182 Å². The summed E-state index contributed by atoms with van der Waals surface area (Å²) in [5, 5.41) is 20.4. The van der Waals surface area contributed by atoms with Crippen molar-refractivity contribution < 1.29 is 24.3 Å². The summed E-state index contributed by atoms with van der Waals surface area (Å²) in [7, 11) is 0. The van der Waals surface area contributed by atoms with Crippen molar-refractivity contribution in [1.29, 1.82) is 0 Å². The van der Waals surface area contributed by atoms with Crippen LogP contribution in [-0.4, -0.2) is 50.5 Å². The van der Waals surface area contributed by atoms with E-state index in [0.29, 0.717) is 31.4 Å². The number of rotatable bonds is 9. The number of aromatic nitrogens is 2. The largest absolute Gasteiger partial charge is 0.480 e. The number of halogens is 2. The van der Waals surface area contributed by atoms with Crippen molar-refractivity contribution in [3.8, 4) is 0 Å². The number of carbonyl (C=O) groups is 4. The number of hydrogen-bond donors (Lipinski definition) is 6. The molecule has 4 amide bonds. The Morgan fingerprint density at radius 1 is 0.952 bits per heavy atom. The number of carboxylic acids is 1. The summed E-state index contributed by atoms with van der Waals surface area (Å²) in [5.41, 5.74) is -1.44. The molecule has 12 nitrogen and oxygen atoms in total. The van der Waals surface area contributed by atoms with Gasteiger partial charge in [-0.3, -0.25) is 9.59 Å². The van der Waals surface area contributed by atoms with Gasteiger partial charge in [0.1, 0.15) is 17.4 Å². The number of urea groups is 1. The molecule has 220 valence electrons. The molecule has 0 bridgehead atoms. The molecule has 1 unspecified atom stereocenters. The van der Waals surface area contributed by atoms with E-state index in [1.54, 1.807) is 30.3 Å². The van der Waals surface area contributed by atoms with E-state index in [-0.39, 0.29) is 33.4 Å². The van der Waals surface area contributed by atoms with E-state index in [4.69, 9.17) is 23.2 Å². The smallest absolute Gasteiger partial charge is 0.346 e. The molecular formula is C28H28Cl2N6O6. The molecule has 1 aliphatic rings. The van der Waals surface area contributed by atoms with Crippen LogP contribution in [0.4, 0.5) is 16.3 Å². The van der Waals surface area contributed by atoms with Crippen LogP contribution in [0, 0.1) is 0 Å². The molecule has 42 heavy (non-hydrogen) atoms. The predicted octanol–water partition coefficient (Wildman–Crippen LogP) is 3.97. The normalized spacial score (nSPS) is 14.7. The van der Waals surface area contributed by atoms with Crippen molar-refractivity contribution in [3.63, 3.8) is 0 Å². The van der Waals surface area contributed by atoms with Crippen molar-refractivity contribution in [1.82, 2.24) is 20.6 Å². The van der Waals surface area contributed by atoms with Crippen molar-refractivity contribution in [2.24, 2.45) is 0 Å². The summed E-state index contributed by atoms with van der Waals surface area (Å²) in [6, 6.07) is 10.9. The lowest BCUT2D eigenvalue weighted by atomic mass is 9.81. The Balaban J connectivity index is 1.51. The quantitative estimate of drug-likeness (QED) is 0.211. The molecule has 1 aromatic heterocycles. The van der Waals surface area contributed by atoms with Gasteiger partial charge in [0.25, 0.3) is 5.91 Å². The molecule has 2 aromatic carbocycles. The van der Waals surface area contributed by atoms with Gasteiger partial charge < -0.3 is 31.4 Å². The van der Waals surface area contributed by atoms with Crippen molar-refractivity contribution in [3.05, 3.63) is 86.4 Å². The van der Waals surface area contributed by atoms with Gasteiger partial charge in [0.2, 0.25) is 5.91 Å². The van der Waals surface area contributed by atoms with Gasteiger partial charge in [0, 0.05) is 23.9 Å². The average Bonchev–Trinajstić information content (AvgIpc) is 2.95. The summed E-state index contributed by atoms with van der Waals surface area (Å²) in [6.45, 7) is 0. The summed E-state index contributed by atoms with van der Waals surface area (Å²) >= 11 is 12.2. The fourth-order valence-electron chi connectivity index (χ4n) is 4.74. The van der Waals surface area contributed by atoms with Gasteiger partial charge in [0.05, 0.1) is 15.6 Å². The molecular weight excluding hydrogens is 587 g/mol. The maximum absolute atomic E-state index is 13.3. The minimum absolute atomic E-state index is 0.0566. The van der Waals surface area contributed by atoms with Crippen LogP contribution in [0.1, 0.15) is 48.0 Å². The third-order valence-electron chi connectivity index (χ3n) is 6.86. The van der Waals surface area contributed by atoms with Gasteiger partial charge in [-0.1, -0.05) is 66.7 Å². The molecule has 1 heterocycles. The molecule has 3 aromatic rings. The molecule has 6 N–H and O–H groups in total. The highest BCUT2D eigenvalue weighted by Crippen LogP contribution is 2.30. The Morgan fingerprint density at radius 2 is 1.62 bits per heavy atom. The monoisotopic (exact) mass is 614 g/mol. The second kappa shape index (κ2) is 13.5. The van der Waals surface area contributed by atoms with Gasteiger partial charge in [-0.15, -0.1) is 0 Å². The number of benzene rings is 2. The highest BCUT2D eigenvalue weighted by Gasteiger charge is 2.41. The molecule has 0 saturated heterocycles. The predicted molar refractivity (Wildman–Crippen MR) is 157 cm³/mol. The molecule has 1 saturated carbocycles. The average molecular weight is 615 g/mol. The molecule has 0 spiro atoms. The number of anilines is 2. The van der Waals surface area contributed by atoms with E-state index in [9.17, 15) is 29.1 Å². The summed E-state index contributed by atoms with van der Waals surface area (Å²) in [6.07, 6.45) is 3.86. The van der Waals surface area contributed by atoms with Crippen molar-refractivity contribution in [2.45, 2.75) is 50.1 Å². The van der Waals surface area contributed by atoms with Crippen molar-refractivity contribution in [2.75, 3.05) is 10.6 Å². The molecule has 1 aliphatic carbocycles. The maximum Gasteiger partial charge on any atom is 0.346 e. The SMILES string of the molecule is O=C(NC(Cc1c[nH]c(=O)nc1NC(=O)c1c(Cl)cccc1Cl)C(=O)O)NC1(C(=O)Nc2ccccc2)CCCCC1. The molecule has 0 radical (unpaired) electrons. The number of amides is 4. The van der Waals surface area contributed by atoms with E-state index in [2.05, 4.69) is 31.2 Å². The van der Waals surface area contributed by atoms with Gasteiger partial charge in [-0.2, -0.15) is 4.98 Å². The summed E-state index contributed by atoms with van der Waals surface area (Å²) in [4.78, 5) is 69.5. The number of aromatic amines is 1. The van der Waals surface area contributed by atoms with Gasteiger partial charge in [-0.25, -0.2) is 14.4 Å². The number of para-hydroxylation sites is 1. The van der Waals surface area contributed by atoms with E-state index in [1.807, 2.05) is 6.07 Å². The van der Waals surface area contributed by atoms with Crippen LogP contribution in [0.3, 0.4) is 0 Å². The Hall–Kier alpha value is -4.42. The molecule has 1 fully saturated rings. The summed E-state index contributed by atoms with van der Waals surface area (Å²) < 4.78 is 0. The van der Waals surface area contributed by atoms with Crippen LogP contribution in [0.2, 0.25) is 10.0 Å². The molecule has 4 rings (SSSR count). The van der Waals surface area contributed by atoms with Crippen LogP contribution >= 0.6 is 23.2 Å². The number of aliphatic carboxylic acids is 1. The Bertz CT molecular complexity index is 1520. The van der Waals surface area contributed by atoms with E-state index in [1.165, 1.54) is 18.3 Å². The molecule has 1 atom stereocenters. The Kier molecular flexibility index (Phi) is 9.81. The van der Waals surface area contributed by atoms with Gasteiger partial charge in [-0.05, 0) is 37.1 Å². The molecule has 0 aliphatic heterocycles. The first kappa shape index (κ1) is 30.5. The second-order valence-corrected chi connectivity index (χ2v) is 10.6. The van der Waals surface area contributed by atoms with Crippen LogP contribution < -0.4 is 27.0 Å². The minimum atomic E-state index is -1.52. The van der Waals surface area contributed by atoms with Gasteiger partial charge >= 0.3 is 17.7 Å². The number of carboxylic acid groups (broad SMARTS) is 1. The first-order valence-electron chi connectivity index (χ1n) is 13.1. The third-order valence-corrected chi connectivity index (χ3v) is 7.49. The zero-order valence-corrected chi connectivity index (χ0v) is 23.7. The minimum Gasteiger partial charge on any atom is -0.480 e. The number of nitrogens with one attached hydrogen (secondary N) is 5. The number of carbonyl (C=O) groups excluding carboxylic acids is 3. The first-order chi connectivity index (χ1) is 20.1. The standard InChI is InChI=1S/C28H28Cl2N6O6/c29-18-10-7-11-19(30)21(18)23(37)34-22-16(15-31-26(41)35-22)14-20(24(38)39)33-27(42)36-28(12-5-2-6-13-28)25(40)32-17-8-3-1-4-9-17/h1,3-4,7-11,15,20H,2,5-6,12-14H2,(H,32,40)(H,38,39)(H2,33,36,42)(H2,31,34,35,37,41). The highest BCUT2D eigenvalue weighted by molar-refractivity contribution is 6.40.